The minimum atomic E-state index is -0.150. The van der Waals surface area contributed by atoms with Crippen LogP contribution in [0.4, 0.5) is 0 Å². The summed E-state index contributed by atoms with van der Waals surface area (Å²) in [5.41, 5.74) is 0. The molecule has 0 N–H and O–H groups in total. The monoisotopic (exact) mass is 196 g/mol. The lowest BCUT2D eigenvalue weighted by Gasteiger charge is -2.02. The van der Waals surface area contributed by atoms with Gasteiger partial charge in [-0.25, -0.2) is 0 Å². The van der Waals surface area contributed by atoms with Crippen molar-refractivity contribution in [3.8, 4) is 0 Å². The van der Waals surface area contributed by atoms with Crippen LogP contribution in [0, 0.1) is 0 Å². The minimum absolute atomic E-state index is 0.150. The Hall–Kier alpha value is -0.960. The molecule has 0 aliphatic heterocycles. The Morgan fingerprint density at radius 3 is 2.69 bits per heavy atom. The highest BCUT2D eigenvalue weighted by Crippen LogP contribution is 2.16. The van der Waals surface area contributed by atoms with Crippen molar-refractivity contribution in [1.82, 2.24) is 0 Å². The van der Waals surface area contributed by atoms with E-state index in [1.165, 1.54) is 11.8 Å². The van der Waals surface area contributed by atoms with Crippen molar-refractivity contribution >= 4 is 17.7 Å². The Morgan fingerprint density at radius 1 is 1.38 bits per heavy atom. The van der Waals surface area contributed by atoms with Crippen LogP contribution in [-0.4, -0.2) is 11.9 Å². The van der Waals surface area contributed by atoms with Gasteiger partial charge in [0.05, 0.1) is 0 Å². The molecule has 0 aliphatic carbocycles. The van der Waals surface area contributed by atoms with E-state index < -0.39 is 0 Å². The molecular weight excluding hydrogens is 184 g/mol. The Kier molecular flexibility index (Phi) is 4.40. The average Bonchev–Trinajstić information content (AvgIpc) is 2.19. The third-order valence-electron chi connectivity index (χ3n) is 1.48. The smallest absolute Gasteiger partial charge is 0.306 e. The Balaban J connectivity index is 2.24. The fourth-order valence-corrected chi connectivity index (χ4v) is 1.46. The first-order valence-corrected chi connectivity index (χ1v) is 5.15. The highest BCUT2D eigenvalue weighted by atomic mass is 32.2. The van der Waals surface area contributed by atoms with Crippen molar-refractivity contribution in [2.24, 2.45) is 0 Å². The van der Waals surface area contributed by atoms with Crippen molar-refractivity contribution in [2.75, 3.05) is 5.94 Å². The topological polar surface area (TPSA) is 26.3 Å². The molecule has 0 fully saturated rings. The highest BCUT2D eigenvalue weighted by Gasteiger charge is 1.97. The summed E-state index contributed by atoms with van der Waals surface area (Å²) < 4.78 is 4.92. The fourth-order valence-electron chi connectivity index (χ4n) is 0.782. The third-order valence-corrected chi connectivity index (χ3v) is 2.32. The molecule has 13 heavy (non-hydrogen) atoms. The lowest BCUT2D eigenvalue weighted by atomic mass is 10.4. The van der Waals surface area contributed by atoms with E-state index in [9.17, 15) is 4.79 Å². The molecular formula is C10H12O2S. The Bertz CT molecular complexity index is 259. The van der Waals surface area contributed by atoms with Gasteiger partial charge < -0.3 is 4.74 Å². The second-order valence-electron chi connectivity index (χ2n) is 2.45. The molecule has 1 aromatic carbocycles. The summed E-state index contributed by atoms with van der Waals surface area (Å²) in [6, 6.07) is 9.87. The van der Waals surface area contributed by atoms with Crippen LogP contribution in [0.15, 0.2) is 35.2 Å². The predicted octanol–water partition coefficient (Wildman–Crippen LogP) is 2.69. The van der Waals surface area contributed by atoms with Crippen LogP contribution in [0.1, 0.15) is 13.3 Å². The molecule has 0 amide bonds. The molecule has 2 nitrogen and oxygen atoms in total. The lowest BCUT2D eigenvalue weighted by molar-refractivity contribution is -0.140. The van der Waals surface area contributed by atoms with E-state index in [4.69, 9.17) is 4.74 Å². The minimum Gasteiger partial charge on any atom is -0.454 e. The summed E-state index contributed by atoms with van der Waals surface area (Å²) >= 11 is 1.52. The number of benzene rings is 1. The summed E-state index contributed by atoms with van der Waals surface area (Å²) in [5.74, 6) is 0.250. The average molecular weight is 196 g/mol. The van der Waals surface area contributed by atoms with Gasteiger partial charge in [0.2, 0.25) is 0 Å². The number of rotatable bonds is 4. The largest absolute Gasteiger partial charge is 0.454 e. The zero-order valence-corrected chi connectivity index (χ0v) is 8.34. The van der Waals surface area contributed by atoms with Crippen LogP contribution in [0.5, 0.6) is 0 Å². The molecule has 0 unspecified atom stereocenters. The molecule has 1 rings (SSSR count). The molecule has 0 aromatic heterocycles. The maximum absolute atomic E-state index is 10.8. The first kappa shape index (κ1) is 10.1. The van der Waals surface area contributed by atoms with E-state index in [-0.39, 0.29) is 5.97 Å². The quantitative estimate of drug-likeness (QED) is 0.421. The zero-order valence-electron chi connectivity index (χ0n) is 7.53. The van der Waals surface area contributed by atoms with Crippen molar-refractivity contribution in [3.05, 3.63) is 30.3 Å². The van der Waals surface area contributed by atoms with Crippen molar-refractivity contribution in [3.63, 3.8) is 0 Å². The second kappa shape index (κ2) is 5.65. The molecule has 0 spiro atoms. The summed E-state index contributed by atoms with van der Waals surface area (Å²) in [4.78, 5) is 11.9. The van der Waals surface area contributed by atoms with Crippen LogP contribution < -0.4 is 0 Å². The van der Waals surface area contributed by atoms with Gasteiger partial charge in [0.1, 0.15) is 5.94 Å². The zero-order chi connectivity index (χ0) is 9.52. The Morgan fingerprint density at radius 2 is 2.08 bits per heavy atom. The maximum atomic E-state index is 10.8. The van der Waals surface area contributed by atoms with Crippen molar-refractivity contribution in [2.45, 2.75) is 18.2 Å². The molecule has 0 saturated carbocycles. The maximum Gasteiger partial charge on any atom is 0.306 e. The van der Waals surface area contributed by atoms with Crippen molar-refractivity contribution in [1.29, 1.82) is 0 Å². The van der Waals surface area contributed by atoms with Crippen LogP contribution in [0.25, 0.3) is 0 Å². The van der Waals surface area contributed by atoms with E-state index in [1.807, 2.05) is 30.3 Å². The normalized spacial score (nSPS) is 9.62. The predicted molar refractivity (Wildman–Crippen MR) is 53.5 cm³/mol. The van der Waals surface area contributed by atoms with Crippen LogP contribution >= 0.6 is 11.8 Å². The van der Waals surface area contributed by atoms with E-state index in [0.29, 0.717) is 12.4 Å². The van der Waals surface area contributed by atoms with Gasteiger partial charge in [0, 0.05) is 11.3 Å². The van der Waals surface area contributed by atoms with Gasteiger partial charge in [-0.05, 0) is 12.1 Å². The van der Waals surface area contributed by atoms with Crippen LogP contribution in [-0.2, 0) is 9.53 Å². The van der Waals surface area contributed by atoms with E-state index in [2.05, 4.69) is 0 Å². The lowest BCUT2D eigenvalue weighted by Crippen LogP contribution is -2.00. The summed E-state index contributed by atoms with van der Waals surface area (Å²) in [5, 5.41) is 0. The summed E-state index contributed by atoms with van der Waals surface area (Å²) in [7, 11) is 0. The SMILES string of the molecule is CCC(=O)OCSc1ccccc1. The summed E-state index contributed by atoms with van der Waals surface area (Å²) in [6.45, 7) is 1.79. The van der Waals surface area contributed by atoms with Crippen LogP contribution in [0.3, 0.4) is 0 Å². The molecule has 0 atom stereocenters. The van der Waals surface area contributed by atoms with Crippen molar-refractivity contribution < 1.29 is 9.53 Å². The first-order chi connectivity index (χ1) is 6.33. The fraction of sp³-hybridized carbons (Fsp3) is 0.300. The number of carbonyl (C=O) groups excluding carboxylic acids is 1. The van der Waals surface area contributed by atoms with Gasteiger partial charge in [-0.2, -0.15) is 0 Å². The number of hydrogen-bond acceptors (Lipinski definition) is 3. The highest BCUT2D eigenvalue weighted by molar-refractivity contribution is 7.99. The molecule has 0 bridgehead atoms. The number of carbonyl (C=O) groups is 1. The van der Waals surface area contributed by atoms with E-state index in [1.54, 1.807) is 6.92 Å². The standard InChI is InChI=1S/C10H12O2S/c1-2-10(11)12-8-13-9-6-4-3-5-7-9/h3-7H,2,8H2,1H3. The van der Waals surface area contributed by atoms with E-state index in [0.717, 1.165) is 4.90 Å². The summed E-state index contributed by atoms with van der Waals surface area (Å²) in [6.07, 6.45) is 0.440. The number of hydrogen-bond donors (Lipinski definition) is 0. The molecule has 3 heteroatoms. The van der Waals surface area contributed by atoms with Gasteiger partial charge in [0.25, 0.3) is 0 Å². The first-order valence-electron chi connectivity index (χ1n) is 4.16. The van der Waals surface area contributed by atoms with Gasteiger partial charge in [-0.3, -0.25) is 4.79 Å². The molecule has 0 radical (unpaired) electrons. The molecule has 0 aliphatic rings. The van der Waals surface area contributed by atoms with E-state index >= 15 is 0 Å². The number of ether oxygens (including phenoxy) is 1. The molecule has 0 saturated heterocycles. The van der Waals surface area contributed by atoms with Gasteiger partial charge in [-0.1, -0.05) is 36.9 Å². The second-order valence-corrected chi connectivity index (χ2v) is 3.44. The number of thioether (sulfide) groups is 1. The third kappa shape index (κ3) is 3.99. The van der Waals surface area contributed by atoms with Gasteiger partial charge >= 0.3 is 5.97 Å². The van der Waals surface area contributed by atoms with Gasteiger partial charge in [-0.15, -0.1) is 0 Å². The van der Waals surface area contributed by atoms with Crippen LogP contribution in [0.2, 0.25) is 0 Å². The number of esters is 1. The van der Waals surface area contributed by atoms with Gasteiger partial charge in [0.15, 0.2) is 0 Å². The molecule has 70 valence electrons. The Labute approximate surface area is 82.3 Å². The molecule has 0 heterocycles. The molecule has 1 aromatic rings.